The number of aliphatic hydroxyl groups excluding tert-OH is 1. The van der Waals surface area contributed by atoms with Crippen LogP contribution in [0.15, 0.2) is 18.2 Å². The lowest BCUT2D eigenvalue weighted by Crippen LogP contribution is -2.31. The van der Waals surface area contributed by atoms with Gasteiger partial charge in [-0.25, -0.2) is 4.39 Å². The maximum atomic E-state index is 13.0. The zero-order valence-electron chi connectivity index (χ0n) is 9.93. The van der Waals surface area contributed by atoms with Crippen LogP contribution >= 0.6 is 0 Å². The summed E-state index contributed by atoms with van der Waals surface area (Å²) in [6, 6.07) is 2.94. The van der Waals surface area contributed by atoms with Gasteiger partial charge in [-0.05, 0) is 12.6 Å². The van der Waals surface area contributed by atoms with Crippen molar-refractivity contribution in [2.45, 2.75) is 13.0 Å². The van der Waals surface area contributed by atoms with Gasteiger partial charge in [0.2, 0.25) is 0 Å². The number of aliphatic hydroxyl groups is 1. The Morgan fingerprint density at radius 1 is 1.61 bits per heavy atom. The normalized spacial score (nSPS) is 12.2. The molecule has 0 bridgehead atoms. The lowest BCUT2D eigenvalue weighted by atomic mass is 10.3. The minimum atomic E-state index is -0.812. The fourth-order valence-corrected chi connectivity index (χ4v) is 1.31. The smallest absolute Gasteiger partial charge is 0.311 e. The average Bonchev–Trinajstić information content (AvgIpc) is 2.33. The summed E-state index contributed by atoms with van der Waals surface area (Å²) in [5.74, 6) is -0.813. The first kappa shape index (κ1) is 14.3. The number of likely N-dealkylation sites (N-methyl/N-ethyl adjacent to an activating group) is 1. The van der Waals surface area contributed by atoms with E-state index in [-0.39, 0.29) is 18.0 Å². The van der Waals surface area contributed by atoms with E-state index in [1.165, 1.54) is 0 Å². The molecule has 1 aromatic rings. The summed E-state index contributed by atoms with van der Waals surface area (Å²) >= 11 is 0. The molecule has 0 aromatic heterocycles. The number of hydrogen-bond acceptors (Lipinski definition) is 5. The van der Waals surface area contributed by atoms with Gasteiger partial charge in [0.25, 0.3) is 0 Å². The van der Waals surface area contributed by atoms with Crippen LogP contribution in [0.25, 0.3) is 0 Å². The largest absolute Gasteiger partial charge is 0.484 e. The van der Waals surface area contributed by atoms with Crippen molar-refractivity contribution in [2.24, 2.45) is 0 Å². The predicted molar refractivity (Wildman–Crippen MR) is 63.1 cm³/mol. The predicted octanol–water partition coefficient (Wildman–Crippen LogP) is 1.08. The summed E-state index contributed by atoms with van der Waals surface area (Å²) in [4.78, 5) is 10.0. The molecule has 0 heterocycles. The molecular formula is C11H15FN2O4. The first-order valence-corrected chi connectivity index (χ1v) is 5.50. The molecule has 0 spiro atoms. The fourth-order valence-electron chi connectivity index (χ4n) is 1.31. The summed E-state index contributed by atoms with van der Waals surface area (Å²) in [5, 5.41) is 23.1. The van der Waals surface area contributed by atoms with Gasteiger partial charge in [0.05, 0.1) is 4.92 Å². The summed E-state index contributed by atoms with van der Waals surface area (Å²) in [6.07, 6.45) is -0.812. The summed E-state index contributed by atoms with van der Waals surface area (Å²) in [7, 11) is 0. The van der Waals surface area contributed by atoms with E-state index in [1.54, 1.807) is 0 Å². The highest BCUT2D eigenvalue weighted by atomic mass is 19.1. The number of nitrogens with zero attached hydrogens (tertiary/aromatic N) is 1. The van der Waals surface area contributed by atoms with Crippen molar-refractivity contribution in [3.63, 3.8) is 0 Å². The molecule has 2 N–H and O–H groups in total. The Labute approximate surface area is 104 Å². The molecule has 0 saturated heterocycles. The monoisotopic (exact) mass is 258 g/mol. The molecule has 0 amide bonds. The molecule has 1 unspecified atom stereocenters. The van der Waals surface area contributed by atoms with E-state index in [2.05, 4.69) is 5.32 Å². The first-order chi connectivity index (χ1) is 8.54. The van der Waals surface area contributed by atoms with Crippen molar-refractivity contribution < 1.29 is 19.2 Å². The minimum absolute atomic E-state index is 0.142. The van der Waals surface area contributed by atoms with Gasteiger partial charge in [0.1, 0.15) is 18.5 Å². The molecule has 0 aliphatic carbocycles. The highest BCUT2D eigenvalue weighted by Crippen LogP contribution is 2.27. The lowest BCUT2D eigenvalue weighted by Gasteiger charge is -2.12. The van der Waals surface area contributed by atoms with E-state index in [4.69, 9.17) is 4.74 Å². The number of nitro groups is 1. The van der Waals surface area contributed by atoms with Crippen LogP contribution in [0.5, 0.6) is 5.75 Å². The number of ether oxygens (including phenoxy) is 1. The van der Waals surface area contributed by atoms with Crippen molar-refractivity contribution in [1.82, 2.24) is 5.32 Å². The molecule has 18 heavy (non-hydrogen) atoms. The van der Waals surface area contributed by atoms with E-state index >= 15 is 0 Å². The van der Waals surface area contributed by atoms with Crippen molar-refractivity contribution in [1.29, 1.82) is 0 Å². The summed E-state index contributed by atoms with van der Waals surface area (Å²) < 4.78 is 18.0. The van der Waals surface area contributed by atoms with Crippen molar-refractivity contribution in [3.05, 3.63) is 34.1 Å². The molecule has 0 aliphatic rings. The second-order valence-corrected chi connectivity index (χ2v) is 3.64. The number of hydrogen-bond donors (Lipinski definition) is 2. The highest BCUT2D eigenvalue weighted by molar-refractivity contribution is 5.46. The third-order valence-corrected chi connectivity index (χ3v) is 2.18. The Kier molecular flexibility index (Phi) is 5.47. The van der Waals surface area contributed by atoms with Gasteiger partial charge in [-0.15, -0.1) is 0 Å². The number of nitro benzene ring substituents is 1. The Balaban J connectivity index is 2.65. The van der Waals surface area contributed by atoms with Crippen LogP contribution in [0.1, 0.15) is 6.92 Å². The van der Waals surface area contributed by atoms with Crippen LogP contribution < -0.4 is 10.1 Å². The van der Waals surface area contributed by atoms with Gasteiger partial charge in [0, 0.05) is 18.7 Å². The standard InChI is InChI=1S/C11H15FN2O4/c1-2-13-6-9(15)7-18-11-5-8(12)3-4-10(11)14(16)17/h3-5,9,13,15H,2,6-7H2,1H3. The third kappa shape index (κ3) is 4.27. The van der Waals surface area contributed by atoms with E-state index in [9.17, 15) is 19.6 Å². The number of benzene rings is 1. The molecule has 0 fully saturated rings. The second-order valence-electron chi connectivity index (χ2n) is 3.64. The maximum Gasteiger partial charge on any atom is 0.311 e. The molecule has 1 rings (SSSR count). The molecule has 7 heteroatoms. The molecule has 100 valence electrons. The van der Waals surface area contributed by atoms with Crippen LogP contribution in [0.3, 0.4) is 0 Å². The van der Waals surface area contributed by atoms with E-state index in [0.29, 0.717) is 13.1 Å². The molecule has 0 aliphatic heterocycles. The van der Waals surface area contributed by atoms with Gasteiger partial charge in [-0.1, -0.05) is 6.92 Å². The van der Waals surface area contributed by atoms with Gasteiger partial charge >= 0.3 is 5.69 Å². The molecule has 1 atom stereocenters. The number of rotatable bonds is 7. The maximum absolute atomic E-state index is 13.0. The van der Waals surface area contributed by atoms with E-state index in [1.807, 2.05) is 6.92 Å². The van der Waals surface area contributed by atoms with Crippen molar-refractivity contribution in [2.75, 3.05) is 19.7 Å². The summed E-state index contributed by atoms with van der Waals surface area (Å²) in [5.41, 5.74) is -0.327. The fraction of sp³-hybridized carbons (Fsp3) is 0.455. The first-order valence-electron chi connectivity index (χ1n) is 5.50. The Morgan fingerprint density at radius 3 is 2.94 bits per heavy atom. The second kappa shape index (κ2) is 6.87. The Hall–Kier alpha value is -1.73. The van der Waals surface area contributed by atoms with Gasteiger partial charge in [-0.3, -0.25) is 10.1 Å². The molecule has 0 saturated carbocycles. The third-order valence-electron chi connectivity index (χ3n) is 2.18. The van der Waals surface area contributed by atoms with Crippen molar-refractivity contribution >= 4 is 5.69 Å². The van der Waals surface area contributed by atoms with Crippen LogP contribution in [-0.4, -0.2) is 35.8 Å². The van der Waals surface area contributed by atoms with Crippen LogP contribution in [0.2, 0.25) is 0 Å². The quantitative estimate of drug-likeness (QED) is 0.564. The zero-order chi connectivity index (χ0) is 13.5. The van der Waals surface area contributed by atoms with Crippen LogP contribution in [-0.2, 0) is 0 Å². The lowest BCUT2D eigenvalue weighted by molar-refractivity contribution is -0.386. The van der Waals surface area contributed by atoms with Gasteiger partial charge in [-0.2, -0.15) is 0 Å². The van der Waals surface area contributed by atoms with Crippen molar-refractivity contribution in [3.8, 4) is 5.75 Å². The zero-order valence-corrected chi connectivity index (χ0v) is 9.93. The Morgan fingerprint density at radius 2 is 2.33 bits per heavy atom. The molecule has 6 nitrogen and oxygen atoms in total. The van der Waals surface area contributed by atoms with Crippen LogP contribution in [0, 0.1) is 15.9 Å². The number of halogens is 1. The van der Waals surface area contributed by atoms with Gasteiger partial charge in [0.15, 0.2) is 5.75 Å². The average molecular weight is 258 g/mol. The molecule has 0 radical (unpaired) electrons. The van der Waals surface area contributed by atoms with E-state index < -0.39 is 16.8 Å². The number of nitrogens with one attached hydrogen (secondary N) is 1. The topological polar surface area (TPSA) is 84.6 Å². The minimum Gasteiger partial charge on any atom is -0.484 e. The van der Waals surface area contributed by atoms with Crippen LogP contribution in [0.4, 0.5) is 10.1 Å². The molecule has 1 aromatic carbocycles. The van der Waals surface area contributed by atoms with Gasteiger partial charge < -0.3 is 15.2 Å². The van der Waals surface area contributed by atoms with E-state index in [0.717, 1.165) is 18.2 Å². The molecular weight excluding hydrogens is 243 g/mol. The SMILES string of the molecule is CCNCC(O)COc1cc(F)ccc1[N+](=O)[O-]. The Bertz CT molecular complexity index is 414. The highest BCUT2D eigenvalue weighted by Gasteiger charge is 2.17. The summed E-state index contributed by atoms with van der Waals surface area (Å²) in [6.45, 7) is 2.74.